The number of nitrogens with zero attached hydrogens (tertiary/aromatic N) is 3. The van der Waals surface area contributed by atoms with Crippen LogP contribution in [0, 0.1) is 0 Å². The van der Waals surface area contributed by atoms with E-state index in [1.807, 2.05) is 41.1 Å². The third-order valence-corrected chi connectivity index (χ3v) is 3.53. The lowest BCUT2D eigenvalue weighted by atomic mass is 10.3. The van der Waals surface area contributed by atoms with E-state index in [0.717, 1.165) is 15.5 Å². The molecule has 0 saturated carbocycles. The van der Waals surface area contributed by atoms with Crippen LogP contribution in [0.4, 0.5) is 0 Å². The largest absolute Gasteiger partial charge is 0.463 e. The Morgan fingerprint density at radius 3 is 2.75 bits per heavy atom. The smallest absolute Gasteiger partial charge is 0.376 e. The van der Waals surface area contributed by atoms with Gasteiger partial charge in [-0.3, -0.25) is 0 Å². The molecule has 0 radical (unpaired) electrons. The van der Waals surface area contributed by atoms with Crippen LogP contribution in [0.2, 0.25) is 0 Å². The Balaban J connectivity index is 2.25. The van der Waals surface area contributed by atoms with Gasteiger partial charge in [0.1, 0.15) is 5.65 Å². The first kappa shape index (κ1) is 12.8. The SMILES string of the molecule is COC(=O)c1ncc2c(Br)cn(-c3ccccc3)c2n1. The molecule has 2 heterocycles. The number of ether oxygens (including phenoxy) is 1. The van der Waals surface area contributed by atoms with E-state index in [1.165, 1.54) is 7.11 Å². The van der Waals surface area contributed by atoms with Gasteiger partial charge in [-0.15, -0.1) is 0 Å². The second-order valence-electron chi connectivity index (χ2n) is 4.11. The summed E-state index contributed by atoms with van der Waals surface area (Å²) < 4.78 is 7.42. The zero-order valence-corrected chi connectivity index (χ0v) is 12.2. The summed E-state index contributed by atoms with van der Waals surface area (Å²) in [6, 6.07) is 9.76. The van der Waals surface area contributed by atoms with Crippen LogP contribution in [0.15, 0.2) is 47.2 Å². The zero-order valence-electron chi connectivity index (χ0n) is 10.6. The molecule has 100 valence electrons. The molecule has 0 amide bonds. The number of carbonyl (C=O) groups is 1. The van der Waals surface area contributed by atoms with Crippen molar-refractivity contribution in [3.8, 4) is 5.69 Å². The number of carbonyl (C=O) groups excluding carboxylic acids is 1. The number of hydrogen-bond acceptors (Lipinski definition) is 4. The van der Waals surface area contributed by atoms with E-state index < -0.39 is 5.97 Å². The highest BCUT2D eigenvalue weighted by Gasteiger charge is 2.15. The van der Waals surface area contributed by atoms with Crippen LogP contribution in [-0.2, 0) is 4.74 Å². The van der Waals surface area contributed by atoms with Gasteiger partial charge in [0.25, 0.3) is 0 Å². The van der Waals surface area contributed by atoms with Crippen LogP contribution < -0.4 is 0 Å². The first-order valence-corrected chi connectivity index (χ1v) is 6.67. The maximum Gasteiger partial charge on any atom is 0.376 e. The fourth-order valence-corrected chi connectivity index (χ4v) is 2.43. The van der Waals surface area contributed by atoms with Gasteiger partial charge in [-0.1, -0.05) is 18.2 Å². The Bertz CT molecular complexity index is 784. The number of methoxy groups -OCH3 is 1. The highest BCUT2D eigenvalue weighted by Crippen LogP contribution is 2.27. The average Bonchev–Trinajstić information content (AvgIpc) is 2.84. The molecule has 0 spiro atoms. The Kier molecular flexibility index (Phi) is 3.23. The van der Waals surface area contributed by atoms with E-state index in [1.54, 1.807) is 6.20 Å². The number of fused-ring (bicyclic) bond motifs is 1. The number of esters is 1. The summed E-state index contributed by atoms with van der Waals surface area (Å²) in [5, 5.41) is 0.835. The molecule has 0 saturated heterocycles. The molecule has 3 rings (SSSR count). The first-order chi connectivity index (χ1) is 9.70. The number of rotatable bonds is 2. The zero-order chi connectivity index (χ0) is 14.1. The molecule has 6 heteroatoms. The fraction of sp³-hybridized carbons (Fsp3) is 0.0714. The minimum atomic E-state index is -0.552. The maximum atomic E-state index is 11.5. The second kappa shape index (κ2) is 5.05. The molecular weight excluding hydrogens is 322 g/mol. The van der Waals surface area contributed by atoms with Gasteiger partial charge < -0.3 is 9.30 Å². The molecular formula is C14H10BrN3O2. The topological polar surface area (TPSA) is 57.0 Å². The third kappa shape index (κ3) is 2.08. The molecule has 2 aromatic heterocycles. The molecule has 0 aliphatic carbocycles. The summed E-state index contributed by atoms with van der Waals surface area (Å²) in [6.07, 6.45) is 3.51. The van der Waals surface area contributed by atoms with E-state index in [4.69, 9.17) is 0 Å². The Morgan fingerprint density at radius 2 is 2.05 bits per heavy atom. The molecule has 0 unspecified atom stereocenters. The maximum absolute atomic E-state index is 11.5. The number of para-hydroxylation sites is 1. The van der Waals surface area contributed by atoms with Gasteiger partial charge in [0.15, 0.2) is 0 Å². The molecule has 0 fully saturated rings. The molecule has 5 nitrogen and oxygen atoms in total. The van der Waals surface area contributed by atoms with Gasteiger partial charge in [-0.2, -0.15) is 0 Å². The lowest BCUT2D eigenvalue weighted by molar-refractivity contribution is 0.0587. The van der Waals surface area contributed by atoms with E-state index in [-0.39, 0.29) is 5.82 Å². The molecule has 0 atom stereocenters. The number of aromatic nitrogens is 3. The highest BCUT2D eigenvalue weighted by molar-refractivity contribution is 9.10. The normalized spacial score (nSPS) is 10.7. The van der Waals surface area contributed by atoms with Gasteiger partial charge >= 0.3 is 5.97 Å². The lowest BCUT2D eigenvalue weighted by Crippen LogP contribution is -2.08. The summed E-state index contributed by atoms with van der Waals surface area (Å²) in [5.41, 5.74) is 1.61. The van der Waals surface area contributed by atoms with Crippen LogP contribution in [0.1, 0.15) is 10.6 Å². The minimum Gasteiger partial charge on any atom is -0.463 e. The monoisotopic (exact) mass is 331 g/mol. The molecule has 0 bridgehead atoms. The van der Waals surface area contributed by atoms with Gasteiger partial charge in [-0.05, 0) is 28.1 Å². The minimum absolute atomic E-state index is 0.0442. The van der Waals surface area contributed by atoms with Gasteiger partial charge in [0, 0.05) is 22.6 Å². The number of hydrogen-bond donors (Lipinski definition) is 0. The number of benzene rings is 1. The predicted molar refractivity (Wildman–Crippen MR) is 77.9 cm³/mol. The molecule has 0 N–H and O–H groups in total. The highest BCUT2D eigenvalue weighted by atomic mass is 79.9. The lowest BCUT2D eigenvalue weighted by Gasteiger charge is -2.04. The fourth-order valence-electron chi connectivity index (χ4n) is 1.94. The third-order valence-electron chi connectivity index (χ3n) is 2.90. The van der Waals surface area contributed by atoms with Crippen LogP contribution >= 0.6 is 15.9 Å². The van der Waals surface area contributed by atoms with Crippen molar-refractivity contribution in [3.05, 3.63) is 53.0 Å². The van der Waals surface area contributed by atoms with Crippen LogP contribution in [0.5, 0.6) is 0 Å². The van der Waals surface area contributed by atoms with Crippen LogP contribution in [0.25, 0.3) is 16.7 Å². The van der Waals surface area contributed by atoms with Gasteiger partial charge in [0.05, 0.1) is 12.5 Å². The van der Waals surface area contributed by atoms with Crippen molar-refractivity contribution < 1.29 is 9.53 Å². The summed E-state index contributed by atoms with van der Waals surface area (Å²) in [5.74, 6) is -0.508. The van der Waals surface area contributed by atoms with Crippen molar-refractivity contribution in [2.45, 2.75) is 0 Å². The average molecular weight is 332 g/mol. The van der Waals surface area contributed by atoms with Crippen molar-refractivity contribution in [2.24, 2.45) is 0 Å². The summed E-state index contributed by atoms with van der Waals surface area (Å²) in [6.45, 7) is 0. The molecule has 3 aromatic rings. The molecule has 1 aromatic carbocycles. The van der Waals surface area contributed by atoms with Crippen molar-refractivity contribution in [1.82, 2.24) is 14.5 Å². The first-order valence-electron chi connectivity index (χ1n) is 5.88. The standard InChI is InChI=1S/C14H10BrN3O2/c1-20-14(19)12-16-7-10-11(15)8-18(13(10)17-12)9-5-3-2-4-6-9/h2-8H,1H3. The van der Waals surface area contributed by atoms with Crippen molar-refractivity contribution in [3.63, 3.8) is 0 Å². The molecule has 20 heavy (non-hydrogen) atoms. The quantitative estimate of drug-likeness (QED) is 0.677. The molecule has 0 aliphatic rings. The van der Waals surface area contributed by atoms with Crippen molar-refractivity contribution in [2.75, 3.05) is 7.11 Å². The van der Waals surface area contributed by atoms with Crippen LogP contribution in [0.3, 0.4) is 0 Å². The molecule has 0 aliphatic heterocycles. The van der Waals surface area contributed by atoms with Crippen LogP contribution in [-0.4, -0.2) is 27.6 Å². The summed E-state index contributed by atoms with van der Waals surface area (Å²) >= 11 is 3.48. The van der Waals surface area contributed by atoms with E-state index in [2.05, 4.69) is 30.6 Å². The van der Waals surface area contributed by atoms with Crippen molar-refractivity contribution in [1.29, 1.82) is 0 Å². The van der Waals surface area contributed by atoms with E-state index in [9.17, 15) is 4.79 Å². The van der Waals surface area contributed by atoms with Gasteiger partial charge in [-0.25, -0.2) is 14.8 Å². The Hall–Kier alpha value is -2.21. The van der Waals surface area contributed by atoms with E-state index in [0.29, 0.717) is 5.65 Å². The Morgan fingerprint density at radius 1 is 1.30 bits per heavy atom. The summed E-state index contributed by atoms with van der Waals surface area (Å²) in [4.78, 5) is 19.9. The summed E-state index contributed by atoms with van der Waals surface area (Å²) in [7, 11) is 1.31. The number of halogens is 1. The second-order valence-corrected chi connectivity index (χ2v) is 4.96. The predicted octanol–water partition coefficient (Wildman–Crippen LogP) is 2.97. The Labute approximate surface area is 123 Å². The van der Waals surface area contributed by atoms with E-state index >= 15 is 0 Å². The van der Waals surface area contributed by atoms with Gasteiger partial charge in [0.2, 0.25) is 5.82 Å². The van der Waals surface area contributed by atoms with Crippen molar-refractivity contribution >= 4 is 32.9 Å².